The molecule has 0 aliphatic carbocycles. The van der Waals surface area contributed by atoms with Gasteiger partial charge in [-0.25, -0.2) is 0 Å². The molecule has 0 heterocycles. The first kappa shape index (κ1) is 11.9. The van der Waals surface area contributed by atoms with Crippen molar-refractivity contribution in [2.75, 3.05) is 0 Å². The van der Waals surface area contributed by atoms with Crippen molar-refractivity contribution in [1.29, 1.82) is 0 Å². The SMILES string of the molecule is NC(=O)CC#Cc1ccc(-c2ccccc2)cc1. The highest BCUT2D eigenvalue weighted by Gasteiger charge is 1.95. The number of benzene rings is 2. The highest BCUT2D eigenvalue weighted by Crippen LogP contribution is 2.18. The zero-order valence-electron chi connectivity index (χ0n) is 9.89. The van der Waals surface area contributed by atoms with Gasteiger partial charge in [0.05, 0.1) is 6.42 Å². The summed E-state index contributed by atoms with van der Waals surface area (Å²) in [6.45, 7) is 0. The Balaban J connectivity index is 2.15. The second-order valence-corrected chi connectivity index (χ2v) is 3.89. The molecule has 18 heavy (non-hydrogen) atoms. The Morgan fingerprint density at radius 3 is 2.17 bits per heavy atom. The summed E-state index contributed by atoms with van der Waals surface area (Å²) in [6, 6.07) is 18.1. The Morgan fingerprint density at radius 2 is 1.56 bits per heavy atom. The van der Waals surface area contributed by atoms with Gasteiger partial charge < -0.3 is 5.73 Å². The molecule has 2 aromatic rings. The molecule has 0 saturated carbocycles. The topological polar surface area (TPSA) is 43.1 Å². The Kier molecular flexibility index (Phi) is 3.78. The molecule has 2 N–H and O–H groups in total. The van der Waals surface area contributed by atoms with Gasteiger partial charge in [-0.1, -0.05) is 54.3 Å². The van der Waals surface area contributed by atoms with Crippen molar-refractivity contribution in [2.24, 2.45) is 5.73 Å². The summed E-state index contributed by atoms with van der Waals surface area (Å²) in [5.41, 5.74) is 8.22. The van der Waals surface area contributed by atoms with Crippen molar-refractivity contribution in [1.82, 2.24) is 0 Å². The number of hydrogen-bond donors (Lipinski definition) is 1. The molecule has 0 bridgehead atoms. The van der Waals surface area contributed by atoms with Crippen LogP contribution in [0.3, 0.4) is 0 Å². The van der Waals surface area contributed by atoms with Gasteiger partial charge in [-0.2, -0.15) is 0 Å². The summed E-state index contributed by atoms with van der Waals surface area (Å²) in [4.78, 5) is 10.5. The predicted molar refractivity (Wildman–Crippen MR) is 72.6 cm³/mol. The zero-order valence-corrected chi connectivity index (χ0v) is 9.89. The van der Waals surface area contributed by atoms with Gasteiger partial charge >= 0.3 is 0 Å². The summed E-state index contributed by atoms with van der Waals surface area (Å²) in [5.74, 6) is 5.24. The van der Waals surface area contributed by atoms with Crippen LogP contribution in [0.2, 0.25) is 0 Å². The second kappa shape index (κ2) is 5.70. The molecular formula is C16H13NO. The van der Waals surface area contributed by atoms with Gasteiger partial charge in [0.25, 0.3) is 0 Å². The lowest BCUT2D eigenvalue weighted by Gasteiger charge is -2.00. The summed E-state index contributed by atoms with van der Waals surface area (Å²) in [5, 5.41) is 0. The fraction of sp³-hybridized carbons (Fsp3) is 0.0625. The Labute approximate surface area is 106 Å². The van der Waals surface area contributed by atoms with E-state index >= 15 is 0 Å². The molecule has 0 saturated heterocycles. The molecule has 2 nitrogen and oxygen atoms in total. The van der Waals surface area contributed by atoms with E-state index in [0.717, 1.165) is 11.1 Å². The molecule has 0 spiro atoms. The third kappa shape index (κ3) is 3.23. The molecule has 0 aliphatic rings. The fourth-order valence-corrected chi connectivity index (χ4v) is 1.61. The molecule has 2 heteroatoms. The van der Waals surface area contributed by atoms with Crippen LogP contribution in [-0.4, -0.2) is 5.91 Å². The van der Waals surface area contributed by atoms with Crippen molar-refractivity contribution < 1.29 is 4.79 Å². The highest BCUT2D eigenvalue weighted by molar-refractivity contribution is 5.76. The third-order valence-corrected chi connectivity index (χ3v) is 2.49. The molecule has 2 rings (SSSR count). The van der Waals surface area contributed by atoms with E-state index in [9.17, 15) is 4.79 Å². The zero-order chi connectivity index (χ0) is 12.8. The van der Waals surface area contributed by atoms with Gasteiger partial charge in [-0.3, -0.25) is 4.79 Å². The Hall–Kier alpha value is -2.53. The van der Waals surface area contributed by atoms with E-state index in [1.54, 1.807) is 0 Å². The van der Waals surface area contributed by atoms with Gasteiger partial charge in [0.1, 0.15) is 0 Å². The minimum absolute atomic E-state index is 0.0977. The predicted octanol–water partition coefficient (Wildman–Crippen LogP) is 2.58. The molecule has 2 aromatic carbocycles. The van der Waals surface area contributed by atoms with E-state index in [4.69, 9.17) is 5.73 Å². The summed E-state index contributed by atoms with van der Waals surface area (Å²) >= 11 is 0. The number of hydrogen-bond acceptors (Lipinski definition) is 1. The highest BCUT2D eigenvalue weighted by atomic mass is 16.1. The van der Waals surface area contributed by atoms with E-state index in [-0.39, 0.29) is 6.42 Å². The van der Waals surface area contributed by atoms with Crippen molar-refractivity contribution in [2.45, 2.75) is 6.42 Å². The number of nitrogens with two attached hydrogens (primary N) is 1. The Morgan fingerprint density at radius 1 is 0.944 bits per heavy atom. The molecule has 0 unspecified atom stereocenters. The molecule has 1 amide bonds. The molecule has 0 atom stereocenters. The lowest BCUT2D eigenvalue weighted by Crippen LogP contribution is -2.08. The Bertz CT molecular complexity index is 588. The van der Waals surface area contributed by atoms with Crippen LogP contribution < -0.4 is 5.73 Å². The van der Waals surface area contributed by atoms with Crippen molar-refractivity contribution in [3.63, 3.8) is 0 Å². The van der Waals surface area contributed by atoms with Crippen LogP contribution in [0.5, 0.6) is 0 Å². The summed E-state index contributed by atoms with van der Waals surface area (Å²) < 4.78 is 0. The molecule has 0 aliphatic heterocycles. The second-order valence-electron chi connectivity index (χ2n) is 3.89. The molecule has 88 valence electrons. The van der Waals surface area contributed by atoms with Gasteiger partial charge in [0.2, 0.25) is 5.91 Å². The van der Waals surface area contributed by atoms with Crippen molar-refractivity contribution in [3.05, 3.63) is 60.2 Å². The number of carbonyl (C=O) groups is 1. The maximum absolute atomic E-state index is 10.5. The average Bonchev–Trinajstić information content (AvgIpc) is 2.40. The lowest BCUT2D eigenvalue weighted by atomic mass is 10.0. The normalized spacial score (nSPS) is 9.33. The van der Waals surface area contributed by atoms with Gasteiger partial charge in [-0.15, -0.1) is 0 Å². The molecule has 0 aromatic heterocycles. The van der Waals surface area contributed by atoms with Crippen molar-refractivity contribution in [3.8, 4) is 23.0 Å². The molecule has 0 radical (unpaired) electrons. The van der Waals surface area contributed by atoms with Gasteiger partial charge in [0, 0.05) is 5.56 Å². The smallest absolute Gasteiger partial charge is 0.229 e. The first-order valence-electron chi connectivity index (χ1n) is 5.68. The van der Waals surface area contributed by atoms with E-state index in [2.05, 4.69) is 24.0 Å². The monoisotopic (exact) mass is 235 g/mol. The summed E-state index contributed by atoms with van der Waals surface area (Å²) in [7, 11) is 0. The molecular weight excluding hydrogens is 222 g/mol. The number of primary amides is 1. The van der Waals surface area contributed by atoms with E-state index in [1.807, 2.05) is 42.5 Å². The minimum atomic E-state index is -0.400. The minimum Gasteiger partial charge on any atom is -0.369 e. The molecule has 0 fully saturated rings. The standard InChI is InChI=1S/C16H13NO/c17-16(18)8-4-5-13-9-11-15(12-10-13)14-6-2-1-3-7-14/h1-3,6-7,9-12H,8H2,(H2,17,18). The maximum Gasteiger partial charge on any atom is 0.229 e. The van der Waals surface area contributed by atoms with Gasteiger partial charge in [-0.05, 0) is 23.3 Å². The van der Waals surface area contributed by atoms with Crippen LogP contribution in [0.15, 0.2) is 54.6 Å². The summed E-state index contributed by atoms with van der Waals surface area (Å²) in [6.07, 6.45) is 0.0977. The lowest BCUT2D eigenvalue weighted by molar-refractivity contribution is -0.117. The maximum atomic E-state index is 10.5. The van der Waals surface area contributed by atoms with Crippen LogP contribution in [0.25, 0.3) is 11.1 Å². The first-order valence-corrected chi connectivity index (χ1v) is 5.68. The largest absolute Gasteiger partial charge is 0.369 e. The number of amides is 1. The number of carbonyl (C=O) groups excluding carboxylic acids is 1. The van der Waals surface area contributed by atoms with Crippen LogP contribution >= 0.6 is 0 Å². The van der Waals surface area contributed by atoms with Gasteiger partial charge in [0.15, 0.2) is 0 Å². The van der Waals surface area contributed by atoms with E-state index in [1.165, 1.54) is 5.56 Å². The quantitative estimate of drug-likeness (QED) is 0.799. The van der Waals surface area contributed by atoms with E-state index in [0.29, 0.717) is 0 Å². The van der Waals surface area contributed by atoms with Crippen LogP contribution in [0.1, 0.15) is 12.0 Å². The fourth-order valence-electron chi connectivity index (χ4n) is 1.61. The van der Waals surface area contributed by atoms with Crippen LogP contribution in [-0.2, 0) is 4.79 Å². The average molecular weight is 235 g/mol. The number of rotatable bonds is 2. The van der Waals surface area contributed by atoms with Crippen LogP contribution in [0.4, 0.5) is 0 Å². The van der Waals surface area contributed by atoms with Crippen molar-refractivity contribution >= 4 is 5.91 Å². The first-order chi connectivity index (χ1) is 8.75. The third-order valence-electron chi connectivity index (χ3n) is 2.49. The van der Waals surface area contributed by atoms with E-state index < -0.39 is 5.91 Å². The van der Waals surface area contributed by atoms with Crippen LogP contribution in [0, 0.1) is 11.8 Å².